The number of hydrogen-bond acceptors (Lipinski definition) is 3. The third kappa shape index (κ3) is 2.74. The second kappa shape index (κ2) is 5.64. The lowest BCUT2D eigenvalue weighted by Crippen LogP contribution is -2.30. The summed E-state index contributed by atoms with van der Waals surface area (Å²) in [5.41, 5.74) is 1.67. The molecule has 0 aromatic carbocycles. The van der Waals surface area contributed by atoms with E-state index in [2.05, 4.69) is 10.3 Å². The van der Waals surface area contributed by atoms with E-state index in [1.807, 2.05) is 0 Å². The van der Waals surface area contributed by atoms with Crippen LogP contribution in [0, 0.1) is 11.8 Å². The molecule has 0 radical (unpaired) electrons. The van der Waals surface area contributed by atoms with Crippen molar-refractivity contribution in [1.29, 1.82) is 0 Å². The van der Waals surface area contributed by atoms with Gasteiger partial charge >= 0.3 is 0 Å². The summed E-state index contributed by atoms with van der Waals surface area (Å²) in [6.07, 6.45) is 5.22. The second-order valence-electron chi connectivity index (χ2n) is 4.18. The average molecular weight is 259 g/mol. The van der Waals surface area contributed by atoms with Gasteiger partial charge in [0.2, 0.25) is 0 Å². The molecule has 1 fully saturated rings. The molecular formula is C11H15ClN2OS. The van der Waals surface area contributed by atoms with Crippen molar-refractivity contribution < 1.29 is 4.79 Å². The molecule has 5 heteroatoms. The van der Waals surface area contributed by atoms with E-state index in [0.717, 1.165) is 6.54 Å². The van der Waals surface area contributed by atoms with Gasteiger partial charge in [-0.2, -0.15) is 0 Å². The van der Waals surface area contributed by atoms with Crippen molar-refractivity contribution in [1.82, 2.24) is 10.3 Å². The molecule has 0 spiro atoms. The highest BCUT2D eigenvalue weighted by molar-refractivity contribution is 7.11. The molecule has 2 unspecified atom stereocenters. The number of hydrogen-bond donors (Lipinski definition) is 1. The Morgan fingerprint density at radius 3 is 3.06 bits per heavy atom. The van der Waals surface area contributed by atoms with Crippen molar-refractivity contribution in [2.75, 3.05) is 12.4 Å². The number of thiazole rings is 1. The Kier molecular flexibility index (Phi) is 4.18. The van der Waals surface area contributed by atoms with Crippen molar-refractivity contribution in [3.8, 4) is 0 Å². The Balaban J connectivity index is 1.81. The van der Waals surface area contributed by atoms with Crippen LogP contribution in [-0.2, 0) is 0 Å². The van der Waals surface area contributed by atoms with Crippen molar-refractivity contribution in [2.24, 2.45) is 11.8 Å². The zero-order valence-corrected chi connectivity index (χ0v) is 10.6. The number of amides is 1. The number of rotatable bonds is 4. The van der Waals surface area contributed by atoms with Gasteiger partial charge in [-0.05, 0) is 24.7 Å². The number of halogens is 1. The minimum atomic E-state index is -0.0114. The normalized spacial score (nSPS) is 24.6. The number of nitrogens with one attached hydrogen (secondary N) is 1. The Labute approximate surface area is 104 Å². The molecule has 0 saturated heterocycles. The molecule has 0 aliphatic heterocycles. The van der Waals surface area contributed by atoms with Gasteiger partial charge in [-0.25, -0.2) is 0 Å². The first-order valence-corrected chi connectivity index (χ1v) is 6.95. The molecular weight excluding hydrogens is 244 g/mol. The summed E-state index contributed by atoms with van der Waals surface area (Å²) >= 11 is 7.27. The van der Waals surface area contributed by atoms with Crippen molar-refractivity contribution in [3.05, 3.63) is 16.6 Å². The van der Waals surface area contributed by atoms with Crippen LogP contribution in [0.1, 0.15) is 28.9 Å². The molecule has 88 valence electrons. The molecule has 1 aromatic heterocycles. The van der Waals surface area contributed by atoms with E-state index in [1.165, 1.54) is 30.6 Å². The van der Waals surface area contributed by atoms with Gasteiger partial charge in [-0.1, -0.05) is 6.42 Å². The monoisotopic (exact) mass is 258 g/mol. The zero-order valence-electron chi connectivity index (χ0n) is 8.99. The minimum absolute atomic E-state index is 0.0114. The van der Waals surface area contributed by atoms with Crippen LogP contribution in [0.5, 0.6) is 0 Å². The summed E-state index contributed by atoms with van der Waals surface area (Å²) in [5, 5.41) is 2.96. The minimum Gasteiger partial charge on any atom is -0.351 e. The average Bonchev–Trinajstić information content (AvgIpc) is 2.96. The third-order valence-electron chi connectivity index (χ3n) is 3.20. The van der Waals surface area contributed by atoms with Crippen LogP contribution in [0.25, 0.3) is 0 Å². The maximum Gasteiger partial charge on any atom is 0.263 e. The number of carbonyl (C=O) groups is 1. The topological polar surface area (TPSA) is 42.0 Å². The molecule has 0 bridgehead atoms. The fourth-order valence-electron chi connectivity index (χ4n) is 2.22. The second-order valence-corrected chi connectivity index (χ2v) is 5.38. The van der Waals surface area contributed by atoms with Crippen LogP contribution in [-0.4, -0.2) is 23.3 Å². The summed E-state index contributed by atoms with van der Waals surface area (Å²) in [6, 6.07) is 0. The Hall–Kier alpha value is -0.610. The van der Waals surface area contributed by atoms with Gasteiger partial charge in [0, 0.05) is 12.4 Å². The van der Waals surface area contributed by atoms with Crippen LogP contribution >= 0.6 is 22.9 Å². The van der Waals surface area contributed by atoms with Crippen molar-refractivity contribution in [3.63, 3.8) is 0 Å². The van der Waals surface area contributed by atoms with E-state index in [-0.39, 0.29) is 5.91 Å². The van der Waals surface area contributed by atoms with Gasteiger partial charge in [-0.15, -0.1) is 22.9 Å². The summed E-state index contributed by atoms with van der Waals surface area (Å²) < 4.78 is 0. The Morgan fingerprint density at radius 1 is 1.56 bits per heavy atom. The van der Waals surface area contributed by atoms with E-state index in [0.29, 0.717) is 22.6 Å². The number of carbonyl (C=O) groups excluding carboxylic acids is 1. The van der Waals surface area contributed by atoms with E-state index in [9.17, 15) is 4.79 Å². The van der Waals surface area contributed by atoms with E-state index in [4.69, 9.17) is 11.6 Å². The molecule has 1 aliphatic rings. The maximum atomic E-state index is 11.7. The smallest absolute Gasteiger partial charge is 0.263 e. The lowest BCUT2D eigenvalue weighted by atomic mass is 9.98. The number of nitrogens with zero attached hydrogens (tertiary/aromatic N) is 1. The van der Waals surface area contributed by atoms with Crippen LogP contribution in [0.4, 0.5) is 0 Å². The standard InChI is InChI=1S/C11H15ClN2OS/c12-4-8-2-1-3-9(8)5-14-11(15)10-6-13-7-16-10/h6-9H,1-5H2,(H,14,15). The molecule has 1 N–H and O–H groups in total. The summed E-state index contributed by atoms with van der Waals surface area (Å²) in [6.45, 7) is 0.744. The first-order chi connectivity index (χ1) is 7.81. The van der Waals surface area contributed by atoms with Gasteiger partial charge in [0.1, 0.15) is 4.88 Å². The van der Waals surface area contributed by atoms with Crippen LogP contribution < -0.4 is 5.32 Å². The Morgan fingerprint density at radius 2 is 2.38 bits per heavy atom. The quantitative estimate of drug-likeness (QED) is 0.844. The molecule has 2 rings (SSSR count). The van der Waals surface area contributed by atoms with Gasteiger partial charge in [0.15, 0.2) is 0 Å². The summed E-state index contributed by atoms with van der Waals surface area (Å²) in [5.74, 6) is 1.82. The fourth-order valence-corrected chi connectivity index (χ4v) is 3.17. The van der Waals surface area contributed by atoms with Crippen LogP contribution in [0.3, 0.4) is 0 Å². The van der Waals surface area contributed by atoms with Gasteiger partial charge in [-0.3, -0.25) is 9.78 Å². The first-order valence-electron chi connectivity index (χ1n) is 5.54. The number of aromatic nitrogens is 1. The molecule has 16 heavy (non-hydrogen) atoms. The van der Waals surface area contributed by atoms with Crippen molar-refractivity contribution in [2.45, 2.75) is 19.3 Å². The molecule has 1 heterocycles. The highest BCUT2D eigenvalue weighted by Crippen LogP contribution is 2.31. The predicted octanol–water partition coefficient (Wildman–Crippen LogP) is 2.53. The van der Waals surface area contributed by atoms with E-state index >= 15 is 0 Å². The SMILES string of the molecule is O=C(NCC1CCCC1CCl)c1cncs1. The lowest BCUT2D eigenvalue weighted by Gasteiger charge is -2.17. The molecule has 1 aliphatic carbocycles. The summed E-state index contributed by atoms with van der Waals surface area (Å²) in [4.78, 5) is 16.3. The zero-order chi connectivity index (χ0) is 11.4. The molecule has 1 amide bonds. The molecule has 2 atom stereocenters. The summed E-state index contributed by atoms with van der Waals surface area (Å²) in [7, 11) is 0. The van der Waals surface area contributed by atoms with Crippen molar-refractivity contribution >= 4 is 28.8 Å². The molecule has 3 nitrogen and oxygen atoms in total. The van der Waals surface area contributed by atoms with E-state index in [1.54, 1.807) is 11.7 Å². The van der Waals surface area contributed by atoms with E-state index < -0.39 is 0 Å². The van der Waals surface area contributed by atoms with Crippen LogP contribution in [0.15, 0.2) is 11.7 Å². The van der Waals surface area contributed by atoms with Gasteiger partial charge < -0.3 is 5.32 Å². The molecule has 1 aromatic rings. The Bertz CT molecular complexity index is 342. The lowest BCUT2D eigenvalue weighted by molar-refractivity contribution is 0.0948. The maximum absolute atomic E-state index is 11.7. The highest BCUT2D eigenvalue weighted by atomic mass is 35.5. The molecule has 1 saturated carbocycles. The third-order valence-corrected chi connectivity index (χ3v) is 4.36. The fraction of sp³-hybridized carbons (Fsp3) is 0.636. The van der Waals surface area contributed by atoms with Crippen LogP contribution in [0.2, 0.25) is 0 Å². The largest absolute Gasteiger partial charge is 0.351 e. The number of alkyl halides is 1. The van der Waals surface area contributed by atoms with Gasteiger partial charge in [0.25, 0.3) is 5.91 Å². The first kappa shape index (κ1) is 11.9. The highest BCUT2D eigenvalue weighted by Gasteiger charge is 2.26. The predicted molar refractivity (Wildman–Crippen MR) is 66.0 cm³/mol. The van der Waals surface area contributed by atoms with Gasteiger partial charge in [0.05, 0.1) is 11.7 Å².